The molecule has 0 aliphatic carbocycles. The fraction of sp³-hybridized carbons (Fsp3) is 0.833. The van der Waals surface area contributed by atoms with Crippen molar-refractivity contribution in [2.45, 2.75) is 20.8 Å². The van der Waals surface area contributed by atoms with E-state index in [0.717, 1.165) is 6.26 Å². The Balaban J connectivity index is 4.47. The minimum Gasteiger partial charge on any atom is -0.465 e. The van der Waals surface area contributed by atoms with Crippen molar-refractivity contribution in [1.29, 1.82) is 0 Å². The van der Waals surface area contributed by atoms with Crippen LogP contribution in [0.3, 0.4) is 0 Å². The second kappa shape index (κ2) is 7.00. The predicted molar refractivity (Wildman–Crippen MR) is 72.6 cm³/mol. The van der Waals surface area contributed by atoms with Crippen LogP contribution in [0.1, 0.15) is 20.8 Å². The summed E-state index contributed by atoms with van der Waals surface area (Å²) in [4.78, 5) is 25.3. The van der Waals surface area contributed by atoms with Crippen molar-refractivity contribution < 1.29 is 22.7 Å². The highest BCUT2D eigenvalue weighted by Gasteiger charge is 2.37. The van der Waals surface area contributed by atoms with Crippen molar-refractivity contribution >= 4 is 21.6 Å². The molecule has 0 heterocycles. The van der Waals surface area contributed by atoms with E-state index in [1.54, 1.807) is 18.9 Å². The highest BCUT2D eigenvalue weighted by molar-refractivity contribution is 7.90. The number of esters is 1. The van der Waals surface area contributed by atoms with Gasteiger partial charge in [-0.15, -0.1) is 0 Å². The molecule has 0 rings (SSSR count). The zero-order chi connectivity index (χ0) is 15.3. The molecule has 0 saturated carbocycles. The van der Waals surface area contributed by atoms with E-state index in [-0.39, 0.29) is 31.2 Å². The Morgan fingerprint density at radius 3 is 2.21 bits per heavy atom. The smallest absolute Gasteiger partial charge is 0.319 e. The molecule has 0 aromatic rings. The summed E-state index contributed by atoms with van der Waals surface area (Å²) in [6.07, 6.45) is 1.14. The minimum atomic E-state index is -3.06. The van der Waals surface area contributed by atoms with Gasteiger partial charge in [0.2, 0.25) is 0 Å². The van der Waals surface area contributed by atoms with E-state index >= 15 is 0 Å². The Labute approximate surface area is 115 Å². The van der Waals surface area contributed by atoms with Crippen LogP contribution in [0.4, 0.5) is 0 Å². The van der Waals surface area contributed by atoms with Gasteiger partial charge in [-0.25, -0.2) is 8.42 Å². The second-order valence-corrected chi connectivity index (χ2v) is 7.40. The van der Waals surface area contributed by atoms with Gasteiger partial charge in [0.1, 0.15) is 15.3 Å². The molecule has 0 unspecified atom stereocenters. The van der Waals surface area contributed by atoms with Crippen LogP contribution in [0, 0.1) is 5.41 Å². The van der Waals surface area contributed by atoms with Gasteiger partial charge in [-0.05, 0) is 27.8 Å². The van der Waals surface area contributed by atoms with Gasteiger partial charge < -0.3 is 4.74 Å². The van der Waals surface area contributed by atoms with Crippen molar-refractivity contribution in [2.24, 2.45) is 5.41 Å². The average molecular weight is 293 g/mol. The lowest BCUT2D eigenvalue weighted by Crippen LogP contribution is -2.42. The maximum Gasteiger partial charge on any atom is 0.319 e. The highest BCUT2D eigenvalue weighted by Crippen LogP contribution is 2.19. The quantitative estimate of drug-likeness (QED) is 0.467. The highest BCUT2D eigenvalue weighted by atomic mass is 32.2. The summed E-state index contributed by atoms with van der Waals surface area (Å²) in [6, 6.07) is 0. The first-order valence-electron chi connectivity index (χ1n) is 6.07. The van der Waals surface area contributed by atoms with Gasteiger partial charge in [-0.3, -0.25) is 14.5 Å². The maximum atomic E-state index is 12.0. The van der Waals surface area contributed by atoms with Gasteiger partial charge in [0, 0.05) is 12.8 Å². The van der Waals surface area contributed by atoms with Gasteiger partial charge in [-0.1, -0.05) is 0 Å². The normalized spacial score (nSPS) is 12.5. The molecule has 0 aliphatic rings. The lowest BCUT2D eigenvalue weighted by atomic mass is 9.88. The molecule has 0 radical (unpaired) electrons. The molecule has 0 bridgehead atoms. The summed E-state index contributed by atoms with van der Waals surface area (Å²) in [7, 11) is -1.42. The average Bonchev–Trinajstić information content (AvgIpc) is 2.25. The number of hydrogen-bond acceptors (Lipinski definition) is 6. The van der Waals surface area contributed by atoms with Crippen LogP contribution in [-0.4, -0.2) is 63.8 Å². The number of ketones is 1. The molecule has 0 N–H and O–H groups in total. The molecular weight excluding hydrogens is 270 g/mol. The fourth-order valence-electron chi connectivity index (χ4n) is 1.27. The first-order chi connectivity index (χ1) is 8.50. The van der Waals surface area contributed by atoms with Crippen LogP contribution in [0.2, 0.25) is 0 Å². The standard InChI is InChI=1S/C12H23NO5S/c1-6-18-11(15)12(2,3)10(14)9-13(4)7-8-19(5,16)17/h6-9H2,1-5H3. The Kier molecular flexibility index (Phi) is 6.65. The van der Waals surface area contributed by atoms with E-state index in [1.807, 2.05) is 0 Å². The van der Waals surface area contributed by atoms with E-state index < -0.39 is 21.2 Å². The van der Waals surface area contributed by atoms with Crippen molar-refractivity contribution in [1.82, 2.24) is 4.90 Å². The number of carbonyl (C=O) groups excluding carboxylic acids is 2. The van der Waals surface area contributed by atoms with Crippen LogP contribution in [0.15, 0.2) is 0 Å². The maximum absolute atomic E-state index is 12.0. The summed E-state index contributed by atoms with van der Waals surface area (Å²) in [6.45, 7) is 5.19. The van der Waals surface area contributed by atoms with Crippen molar-refractivity contribution in [3.8, 4) is 0 Å². The number of carbonyl (C=O) groups is 2. The minimum absolute atomic E-state index is 0.0152. The molecule has 0 amide bonds. The van der Waals surface area contributed by atoms with Crippen molar-refractivity contribution in [3.63, 3.8) is 0 Å². The number of nitrogens with zero attached hydrogens (tertiary/aromatic N) is 1. The number of sulfone groups is 1. The second-order valence-electron chi connectivity index (χ2n) is 5.14. The molecule has 7 heteroatoms. The molecule has 19 heavy (non-hydrogen) atoms. The summed E-state index contributed by atoms with van der Waals surface area (Å²) in [5.74, 6) is -0.866. The van der Waals surface area contributed by atoms with E-state index in [9.17, 15) is 18.0 Å². The monoisotopic (exact) mass is 293 g/mol. The van der Waals surface area contributed by atoms with Crippen LogP contribution in [0.25, 0.3) is 0 Å². The molecule has 112 valence electrons. The molecule has 0 atom stereocenters. The van der Waals surface area contributed by atoms with E-state index in [4.69, 9.17) is 4.74 Å². The molecule has 0 aromatic carbocycles. The van der Waals surface area contributed by atoms with Crippen LogP contribution < -0.4 is 0 Å². The third-order valence-electron chi connectivity index (χ3n) is 2.74. The lowest BCUT2D eigenvalue weighted by molar-refractivity contribution is -0.158. The number of likely N-dealkylation sites (N-methyl/N-ethyl adjacent to an activating group) is 1. The number of hydrogen-bond donors (Lipinski definition) is 0. The number of ether oxygens (including phenoxy) is 1. The van der Waals surface area contributed by atoms with E-state index in [1.165, 1.54) is 13.8 Å². The van der Waals surface area contributed by atoms with Gasteiger partial charge in [0.15, 0.2) is 5.78 Å². The van der Waals surface area contributed by atoms with Gasteiger partial charge >= 0.3 is 5.97 Å². The molecule has 0 saturated heterocycles. The molecule has 6 nitrogen and oxygen atoms in total. The van der Waals surface area contributed by atoms with E-state index in [2.05, 4.69) is 0 Å². The molecule has 0 aliphatic heterocycles. The first kappa shape index (κ1) is 18.0. The van der Waals surface area contributed by atoms with Gasteiger partial charge in [-0.2, -0.15) is 0 Å². The van der Waals surface area contributed by atoms with Gasteiger partial charge in [0.05, 0.1) is 18.9 Å². The summed E-state index contributed by atoms with van der Waals surface area (Å²) in [5.41, 5.74) is -1.21. The number of Topliss-reactive ketones (excluding diaryl/α,β-unsaturated/α-hetero) is 1. The molecule has 0 spiro atoms. The van der Waals surface area contributed by atoms with Crippen LogP contribution in [-0.2, 0) is 24.2 Å². The Morgan fingerprint density at radius 1 is 1.26 bits per heavy atom. The molecule has 0 fully saturated rings. The zero-order valence-corrected chi connectivity index (χ0v) is 13.0. The fourth-order valence-corrected chi connectivity index (χ4v) is 1.91. The van der Waals surface area contributed by atoms with Gasteiger partial charge in [0.25, 0.3) is 0 Å². The third-order valence-corrected chi connectivity index (χ3v) is 3.66. The summed E-state index contributed by atoms with van der Waals surface area (Å²) >= 11 is 0. The van der Waals surface area contributed by atoms with Crippen molar-refractivity contribution in [2.75, 3.05) is 38.8 Å². The van der Waals surface area contributed by atoms with Crippen LogP contribution in [0.5, 0.6) is 0 Å². The van der Waals surface area contributed by atoms with Crippen LogP contribution >= 0.6 is 0 Å². The largest absolute Gasteiger partial charge is 0.465 e. The summed E-state index contributed by atoms with van der Waals surface area (Å²) in [5, 5.41) is 0. The zero-order valence-electron chi connectivity index (χ0n) is 12.2. The Bertz CT molecular complexity index is 427. The Morgan fingerprint density at radius 2 is 1.79 bits per heavy atom. The Hall–Kier alpha value is -0.950. The van der Waals surface area contributed by atoms with Crippen molar-refractivity contribution in [3.05, 3.63) is 0 Å². The third kappa shape index (κ3) is 6.68. The first-order valence-corrected chi connectivity index (χ1v) is 8.13. The lowest BCUT2D eigenvalue weighted by Gasteiger charge is -2.24. The topological polar surface area (TPSA) is 80.8 Å². The predicted octanol–water partition coefficient (Wildman–Crippen LogP) is 0.121. The summed E-state index contributed by atoms with van der Waals surface area (Å²) < 4.78 is 26.9. The van der Waals surface area contributed by atoms with E-state index in [0.29, 0.717) is 0 Å². The number of rotatable bonds is 8. The molecule has 0 aromatic heterocycles. The molecular formula is C12H23NO5S. The SMILES string of the molecule is CCOC(=O)C(C)(C)C(=O)CN(C)CCS(C)(=O)=O.